The molecule has 1 unspecified atom stereocenters. The van der Waals surface area contributed by atoms with E-state index in [1.54, 1.807) is 0 Å². The summed E-state index contributed by atoms with van der Waals surface area (Å²) in [5.74, 6) is 0. The monoisotopic (exact) mass is 322 g/mol. The Kier molecular flexibility index (Phi) is 14.5. The first-order chi connectivity index (χ1) is 11.4. The van der Waals surface area contributed by atoms with Crippen molar-refractivity contribution in [3.8, 4) is 0 Å². The van der Waals surface area contributed by atoms with Crippen molar-refractivity contribution in [2.24, 2.45) is 0 Å². The van der Waals surface area contributed by atoms with Crippen molar-refractivity contribution in [2.75, 3.05) is 13.2 Å². The maximum absolute atomic E-state index is 5.75. The zero-order valence-electron chi connectivity index (χ0n) is 15.3. The fourth-order valence-corrected chi connectivity index (χ4v) is 2.80. The summed E-state index contributed by atoms with van der Waals surface area (Å²) in [7, 11) is 0. The molecule has 0 aromatic carbocycles. The zero-order valence-corrected chi connectivity index (χ0v) is 15.3. The minimum atomic E-state index is 0.0894. The number of allylic oxidation sites excluding steroid dienone is 4. The number of rotatable bonds is 14. The van der Waals surface area contributed by atoms with Crippen molar-refractivity contribution in [1.82, 2.24) is 0 Å². The fraction of sp³-hybridized carbons (Fsp3) is 0.810. The van der Waals surface area contributed by atoms with Crippen molar-refractivity contribution in [3.63, 3.8) is 0 Å². The van der Waals surface area contributed by atoms with Crippen molar-refractivity contribution in [3.05, 3.63) is 24.3 Å². The van der Waals surface area contributed by atoms with Gasteiger partial charge in [-0.2, -0.15) is 0 Å². The van der Waals surface area contributed by atoms with E-state index < -0.39 is 0 Å². The molecule has 0 amide bonds. The lowest BCUT2D eigenvalue weighted by atomic mass is 10.1. The van der Waals surface area contributed by atoms with Crippen molar-refractivity contribution >= 4 is 0 Å². The predicted octanol–water partition coefficient (Wildman–Crippen LogP) is 6.56. The van der Waals surface area contributed by atoms with Crippen molar-refractivity contribution in [2.45, 2.75) is 96.7 Å². The van der Waals surface area contributed by atoms with Gasteiger partial charge in [0.2, 0.25) is 0 Å². The summed E-state index contributed by atoms with van der Waals surface area (Å²) in [5, 5.41) is 0. The van der Waals surface area contributed by atoms with E-state index in [1.165, 1.54) is 77.0 Å². The Morgan fingerprint density at radius 1 is 0.870 bits per heavy atom. The maximum Gasteiger partial charge on any atom is 0.157 e. The van der Waals surface area contributed by atoms with E-state index in [1.807, 2.05) is 0 Å². The van der Waals surface area contributed by atoms with Gasteiger partial charge in [0.1, 0.15) is 0 Å². The Bertz CT molecular complexity index is 290. The molecule has 1 atom stereocenters. The third-order valence-corrected chi connectivity index (χ3v) is 4.31. The highest BCUT2D eigenvalue weighted by molar-refractivity contribution is 5.02. The van der Waals surface area contributed by atoms with Crippen molar-refractivity contribution < 1.29 is 9.47 Å². The summed E-state index contributed by atoms with van der Waals surface area (Å²) in [6, 6.07) is 0. The average Bonchev–Trinajstić information content (AvgIpc) is 2.59. The highest BCUT2D eigenvalue weighted by atomic mass is 16.7. The van der Waals surface area contributed by atoms with Gasteiger partial charge in [0.05, 0.1) is 0 Å². The number of unbranched alkanes of at least 4 members (excludes halogenated alkanes) is 8. The van der Waals surface area contributed by atoms with Crippen LogP contribution in [0.3, 0.4) is 0 Å². The van der Waals surface area contributed by atoms with Crippen LogP contribution in [-0.2, 0) is 9.47 Å². The number of ether oxygens (including phenoxy) is 2. The summed E-state index contributed by atoms with van der Waals surface area (Å²) in [6.45, 7) is 3.99. The molecule has 0 spiro atoms. The summed E-state index contributed by atoms with van der Waals surface area (Å²) < 4.78 is 11.3. The molecule has 134 valence electrons. The van der Waals surface area contributed by atoms with Gasteiger partial charge in [0, 0.05) is 13.2 Å². The van der Waals surface area contributed by atoms with Crippen LogP contribution < -0.4 is 0 Å². The molecule has 1 rings (SSSR count). The standard InChI is InChI=1S/C21H38O2/c1-2-3-4-5-6-7-8-9-10-11-12-13-14-16-19-22-21-18-15-17-20-23-21/h5-8,21H,2-4,9-20H2,1H3/b6-5-,8-7-. The quantitative estimate of drug-likeness (QED) is 0.266. The van der Waals surface area contributed by atoms with Gasteiger partial charge in [-0.1, -0.05) is 69.8 Å². The number of hydrogen-bond acceptors (Lipinski definition) is 2. The molecule has 1 aliphatic heterocycles. The summed E-state index contributed by atoms with van der Waals surface area (Å²) in [4.78, 5) is 0. The molecule has 1 aliphatic rings. The molecular formula is C21H38O2. The van der Waals surface area contributed by atoms with Gasteiger partial charge in [-0.25, -0.2) is 0 Å². The molecule has 1 saturated heterocycles. The van der Waals surface area contributed by atoms with Gasteiger partial charge >= 0.3 is 0 Å². The van der Waals surface area contributed by atoms with Gasteiger partial charge in [-0.3, -0.25) is 0 Å². The Hall–Kier alpha value is -0.600. The maximum atomic E-state index is 5.75. The molecule has 0 saturated carbocycles. The fourth-order valence-electron chi connectivity index (χ4n) is 2.80. The van der Waals surface area contributed by atoms with Gasteiger partial charge in [-0.15, -0.1) is 0 Å². The highest BCUT2D eigenvalue weighted by Crippen LogP contribution is 2.14. The summed E-state index contributed by atoms with van der Waals surface area (Å²) in [6.07, 6.45) is 25.5. The van der Waals surface area contributed by atoms with E-state index >= 15 is 0 Å². The largest absolute Gasteiger partial charge is 0.353 e. The lowest BCUT2D eigenvalue weighted by Crippen LogP contribution is -2.22. The molecule has 0 aromatic rings. The first kappa shape index (κ1) is 20.4. The van der Waals surface area contributed by atoms with Gasteiger partial charge < -0.3 is 9.47 Å². The van der Waals surface area contributed by atoms with Gasteiger partial charge in [0.25, 0.3) is 0 Å². The van der Waals surface area contributed by atoms with Gasteiger partial charge in [0.15, 0.2) is 6.29 Å². The Labute approximate surface area is 144 Å². The highest BCUT2D eigenvalue weighted by Gasteiger charge is 2.13. The van der Waals surface area contributed by atoms with E-state index in [2.05, 4.69) is 31.2 Å². The number of hydrogen-bond donors (Lipinski definition) is 0. The second-order valence-electron chi connectivity index (χ2n) is 6.58. The van der Waals surface area contributed by atoms with Crippen LogP contribution >= 0.6 is 0 Å². The average molecular weight is 323 g/mol. The topological polar surface area (TPSA) is 18.5 Å². The van der Waals surface area contributed by atoms with Crippen LogP contribution in [0.1, 0.15) is 90.4 Å². The molecule has 23 heavy (non-hydrogen) atoms. The SMILES string of the molecule is CCCC/C=C\C=C/CCCCCCCCOC1CCCCO1. The summed E-state index contributed by atoms with van der Waals surface area (Å²) >= 11 is 0. The molecule has 2 nitrogen and oxygen atoms in total. The molecule has 0 N–H and O–H groups in total. The summed E-state index contributed by atoms with van der Waals surface area (Å²) in [5.41, 5.74) is 0. The van der Waals surface area contributed by atoms with Gasteiger partial charge in [-0.05, 0) is 44.9 Å². The molecule has 0 aliphatic carbocycles. The first-order valence-corrected chi connectivity index (χ1v) is 9.98. The van der Waals surface area contributed by atoms with Crippen LogP contribution in [0.15, 0.2) is 24.3 Å². The molecule has 0 bridgehead atoms. The first-order valence-electron chi connectivity index (χ1n) is 9.98. The third kappa shape index (κ3) is 13.5. The van der Waals surface area contributed by atoms with E-state index in [-0.39, 0.29) is 6.29 Å². The second kappa shape index (κ2) is 16.3. The van der Waals surface area contributed by atoms with E-state index in [4.69, 9.17) is 9.47 Å². The Morgan fingerprint density at radius 2 is 1.57 bits per heavy atom. The second-order valence-corrected chi connectivity index (χ2v) is 6.58. The lowest BCUT2D eigenvalue weighted by Gasteiger charge is -2.22. The van der Waals surface area contributed by atoms with E-state index in [0.29, 0.717) is 0 Å². The van der Waals surface area contributed by atoms with Crippen LogP contribution in [0.25, 0.3) is 0 Å². The van der Waals surface area contributed by atoms with Crippen LogP contribution in [0.2, 0.25) is 0 Å². The molecular weight excluding hydrogens is 284 g/mol. The Morgan fingerprint density at radius 3 is 2.26 bits per heavy atom. The third-order valence-electron chi connectivity index (χ3n) is 4.31. The van der Waals surface area contributed by atoms with E-state index in [9.17, 15) is 0 Å². The van der Waals surface area contributed by atoms with Crippen molar-refractivity contribution in [1.29, 1.82) is 0 Å². The van der Waals surface area contributed by atoms with E-state index in [0.717, 1.165) is 19.6 Å². The van der Waals surface area contributed by atoms with Crippen LogP contribution in [0.5, 0.6) is 0 Å². The molecule has 2 heteroatoms. The smallest absolute Gasteiger partial charge is 0.157 e. The zero-order chi connectivity index (χ0) is 16.4. The predicted molar refractivity (Wildman–Crippen MR) is 99.7 cm³/mol. The molecule has 1 heterocycles. The molecule has 0 aromatic heterocycles. The Balaban J connectivity index is 1.75. The normalized spacial score (nSPS) is 19.1. The van der Waals surface area contributed by atoms with Crippen LogP contribution in [0.4, 0.5) is 0 Å². The van der Waals surface area contributed by atoms with Crippen LogP contribution in [-0.4, -0.2) is 19.5 Å². The minimum absolute atomic E-state index is 0.0894. The molecule has 1 fully saturated rings. The van der Waals surface area contributed by atoms with Crippen LogP contribution in [0, 0.1) is 0 Å². The molecule has 0 radical (unpaired) electrons. The minimum Gasteiger partial charge on any atom is -0.353 e. The lowest BCUT2D eigenvalue weighted by molar-refractivity contribution is -0.162.